The lowest BCUT2D eigenvalue weighted by Gasteiger charge is -2.10. The van der Waals surface area contributed by atoms with Crippen molar-refractivity contribution in [2.75, 3.05) is 5.32 Å². The summed E-state index contributed by atoms with van der Waals surface area (Å²) in [5, 5.41) is 6.94. The number of halogens is 2. The first-order valence-corrected chi connectivity index (χ1v) is 8.67. The maximum atomic E-state index is 12.4. The molecule has 0 aliphatic heterocycles. The van der Waals surface area contributed by atoms with Crippen molar-refractivity contribution in [2.45, 2.75) is 13.5 Å². The Labute approximate surface area is 161 Å². The molecule has 132 valence electrons. The molecule has 0 unspecified atom stereocenters. The summed E-state index contributed by atoms with van der Waals surface area (Å²) in [5.74, 6) is 0.682. The summed E-state index contributed by atoms with van der Waals surface area (Å²) in [5.41, 5.74) is 1.93. The Hall–Kier alpha value is -2.63. The molecule has 0 saturated carbocycles. The van der Waals surface area contributed by atoms with Crippen LogP contribution >= 0.6 is 23.2 Å². The van der Waals surface area contributed by atoms with E-state index in [1.54, 1.807) is 31.2 Å². The van der Waals surface area contributed by atoms with Crippen LogP contribution in [0.3, 0.4) is 0 Å². The Bertz CT molecular complexity index is 932. The molecule has 3 aromatic rings. The Morgan fingerprint density at radius 1 is 1.04 bits per heavy atom. The van der Waals surface area contributed by atoms with E-state index in [2.05, 4.69) is 20.6 Å². The third-order valence-corrected chi connectivity index (χ3v) is 4.11. The quantitative estimate of drug-likeness (QED) is 0.662. The van der Waals surface area contributed by atoms with E-state index in [0.29, 0.717) is 33.9 Å². The lowest BCUT2D eigenvalue weighted by molar-refractivity contribution is 0.0945. The highest BCUT2D eigenvalue weighted by molar-refractivity contribution is 6.36. The van der Waals surface area contributed by atoms with Gasteiger partial charge in [0.15, 0.2) is 0 Å². The van der Waals surface area contributed by atoms with Crippen molar-refractivity contribution < 1.29 is 4.79 Å². The smallest absolute Gasteiger partial charge is 0.270 e. The normalized spacial score (nSPS) is 10.4. The standard InChI is InChI=1S/C19H16Cl2N4O/c1-12-23-17(19(26)22-11-13-5-3-2-4-6-13)10-18(24-12)25-16-8-7-14(20)9-15(16)21/h2-10H,11H2,1H3,(H,22,26)(H,23,24,25). The van der Waals surface area contributed by atoms with Crippen molar-refractivity contribution in [2.24, 2.45) is 0 Å². The number of amides is 1. The fraction of sp³-hybridized carbons (Fsp3) is 0.105. The van der Waals surface area contributed by atoms with E-state index in [9.17, 15) is 4.79 Å². The van der Waals surface area contributed by atoms with Crippen LogP contribution in [0.25, 0.3) is 0 Å². The second kappa shape index (κ2) is 8.17. The molecule has 0 atom stereocenters. The van der Waals surface area contributed by atoms with Gasteiger partial charge in [-0.05, 0) is 30.7 Å². The summed E-state index contributed by atoms with van der Waals surface area (Å²) in [7, 11) is 0. The van der Waals surface area contributed by atoms with Crippen LogP contribution in [0, 0.1) is 6.92 Å². The van der Waals surface area contributed by atoms with Crippen molar-refractivity contribution >= 4 is 40.6 Å². The summed E-state index contributed by atoms with van der Waals surface area (Å²) in [6.45, 7) is 2.15. The molecule has 0 spiro atoms. The number of anilines is 2. The van der Waals surface area contributed by atoms with E-state index in [1.165, 1.54) is 0 Å². The summed E-state index contributed by atoms with van der Waals surface area (Å²) >= 11 is 12.1. The minimum atomic E-state index is -0.274. The Kier molecular flexibility index (Phi) is 5.71. The van der Waals surface area contributed by atoms with E-state index in [-0.39, 0.29) is 11.6 Å². The monoisotopic (exact) mass is 386 g/mol. The number of aromatic nitrogens is 2. The van der Waals surface area contributed by atoms with Crippen molar-refractivity contribution in [3.8, 4) is 0 Å². The number of hydrogen-bond donors (Lipinski definition) is 2. The van der Waals surface area contributed by atoms with Gasteiger partial charge in [0.05, 0.1) is 10.7 Å². The lowest BCUT2D eigenvalue weighted by Crippen LogP contribution is -2.24. The number of nitrogens with zero attached hydrogens (tertiary/aromatic N) is 2. The third kappa shape index (κ3) is 4.71. The lowest BCUT2D eigenvalue weighted by atomic mass is 10.2. The van der Waals surface area contributed by atoms with Crippen molar-refractivity contribution in [3.63, 3.8) is 0 Å². The van der Waals surface area contributed by atoms with Gasteiger partial charge in [-0.15, -0.1) is 0 Å². The number of carbonyl (C=O) groups is 1. The third-order valence-electron chi connectivity index (χ3n) is 3.56. The van der Waals surface area contributed by atoms with E-state index in [1.807, 2.05) is 30.3 Å². The number of rotatable bonds is 5. The van der Waals surface area contributed by atoms with Crippen LogP contribution in [-0.2, 0) is 6.54 Å². The molecule has 0 aliphatic carbocycles. The first-order chi connectivity index (χ1) is 12.5. The minimum absolute atomic E-state index is 0.274. The molecule has 0 fully saturated rings. The van der Waals surface area contributed by atoms with Gasteiger partial charge in [-0.3, -0.25) is 4.79 Å². The van der Waals surface area contributed by atoms with Gasteiger partial charge in [-0.1, -0.05) is 53.5 Å². The van der Waals surface area contributed by atoms with Gasteiger partial charge >= 0.3 is 0 Å². The number of hydrogen-bond acceptors (Lipinski definition) is 4. The summed E-state index contributed by atoms with van der Waals surface area (Å²) in [4.78, 5) is 20.9. The predicted molar refractivity (Wildman–Crippen MR) is 104 cm³/mol. The molecule has 7 heteroatoms. The van der Waals surface area contributed by atoms with Crippen LogP contribution in [0.5, 0.6) is 0 Å². The van der Waals surface area contributed by atoms with E-state index < -0.39 is 0 Å². The zero-order valence-electron chi connectivity index (χ0n) is 14.0. The number of benzene rings is 2. The molecule has 1 amide bonds. The van der Waals surface area contributed by atoms with Gasteiger partial charge < -0.3 is 10.6 Å². The largest absolute Gasteiger partial charge is 0.347 e. The summed E-state index contributed by atoms with van der Waals surface area (Å²) < 4.78 is 0. The maximum absolute atomic E-state index is 12.4. The molecule has 0 bridgehead atoms. The molecule has 26 heavy (non-hydrogen) atoms. The van der Waals surface area contributed by atoms with E-state index >= 15 is 0 Å². The second-order valence-corrected chi connectivity index (χ2v) is 6.45. The zero-order valence-corrected chi connectivity index (χ0v) is 15.5. The average Bonchev–Trinajstić information content (AvgIpc) is 2.62. The zero-order chi connectivity index (χ0) is 18.5. The number of aryl methyl sites for hydroxylation is 1. The van der Waals surface area contributed by atoms with E-state index in [4.69, 9.17) is 23.2 Å². The van der Waals surface area contributed by atoms with Gasteiger partial charge in [0, 0.05) is 17.6 Å². The highest BCUT2D eigenvalue weighted by Crippen LogP contribution is 2.27. The van der Waals surface area contributed by atoms with Crippen molar-refractivity contribution in [3.05, 3.63) is 81.7 Å². The first kappa shape index (κ1) is 18.2. The van der Waals surface area contributed by atoms with Crippen molar-refractivity contribution in [1.82, 2.24) is 15.3 Å². The first-order valence-electron chi connectivity index (χ1n) is 7.91. The van der Waals surface area contributed by atoms with Gasteiger partial charge in [-0.25, -0.2) is 9.97 Å². The topological polar surface area (TPSA) is 66.9 Å². The Morgan fingerprint density at radius 3 is 2.54 bits per heavy atom. The van der Waals surface area contributed by atoms with Crippen LogP contribution in [-0.4, -0.2) is 15.9 Å². The van der Waals surface area contributed by atoms with Gasteiger partial charge in [0.2, 0.25) is 0 Å². The number of carbonyl (C=O) groups excluding carboxylic acids is 1. The fourth-order valence-corrected chi connectivity index (χ4v) is 2.80. The number of nitrogens with one attached hydrogen (secondary N) is 2. The average molecular weight is 387 g/mol. The fourth-order valence-electron chi connectivity index (χ4n) is 2.35. The Balaban J connectivity index is 1.75. The predicted octanol–water partition coefficient (Wildman–Crippen LogP) is 4.77. The Morgan fingerprint density at radius 2 is 1.81 bits per heavy atom. The van der Waals surface area contributed by atoms with Crippen LogP contribution in [0.15, 0.2) is 54.6 Å². The highest BCUT2D eigenvalue weighted by Gasteiger charge is 2.11. The second-order valence-electron chi connectivity index (χ2n) is 5.60. The molecule has 2 aromatic carbocycles. The van der Waals surface area contributed by atoms with Crippen molar-refractivity contribution in [1.29, 1.82) is 0 Å². The molecular weight excluding hydrogens is 371 g/mol. The molecule has 5 nitrogen and oxygen atoms in total. The van der Waals surface area contributed by atoms with Gasteiger partial charge in [0.25, 0.3) is 5.91 Å². The molecule has 0 aliphatic rings. The molecule has 3 rings (SSSR count). The minimum Gasteiger partial charge on any atom is -0.347 e. The highest BCUT2D eigenvalue weighted by atomic mass is 35.5. The summed E-state index contributed by atoms with van der Waals surface area (Å²) in [6.07, 6.45) is 0. The van der Waals surface area contributed by atoms with Crippen LogP contribution in [0.1, 0.15) is 21.9 Å². The van der Waals surface area contributed by atoms with Gasteiger partial charge in [-0.2, -0.15) is 0 Å². The SMILES string of the molecule is Cc1nc(Nc2ccc(Cl)cc2Cl)cc(C(=O)NCc2ccccc2)n1. The molecule has 1 heterocycles. The van der Waals surface area contributed by atoms with Crippen LogP contribution < -0.4 is 10.6 Å². The molecular formula is C19H16Cl2N4O. The molecule has 0 radical (unpaired) electrons. The molecule has 2 N–H and O–H groups in total. The van der Waals surface area contributed by atoms with Gasteiger partial charge in [0.1, 0.15) is 17.3 Å². The molecule has 1 aromatic heterocycles. The summed E-state index contributed by atoms with van der Waals surface area (Å²) in [6, 6.07) is 16.4. The van der Waals surface area contributed by atoms with Crippen LogP contribution in [0.2, 0.25) is 10.0 Å². The molecule has 0 saturated heterocycles. The van der Waals surface area contributed by atoms with Crippen LogP contribution in [0.4, 0.5) is 11.5 Å². The van der Waals surface area contributed by atoms with E-state index in [0.717, 1.165) is 5.56 Å². The maximum Gasteiger partial charge on any atom is 0.270 e.